The van der Waals surface area contributed by atoms with E-state index < -0.39 is 0 Å². The van der Waals surface area contributed by atoms with Gasteiger partial charge in [-0.25, -0.2) is 0 Å². The molecule has 1 nitrogen and oxygen atoms in total. The molecule has 1 rings (SSSR count). The first-order chi connectivity index (χ1) is 7.22. The molecule has 4 heteroatoms. The van der Waals surface area contributed by atoms with Gasteiger partial charge in [0.15, 0.2) is 0 Å². The van der Waals surface area contributed by atoms with E-state index in [0.717, 1.165) is 20.8 Å². The molecule has 80 valence electrons. The Hall–Kier alpha value is -0.510. The summed E-state index contributed by atoms with van der Waals surface area (Å²) in [4.78, 5) is 0. The van der Waals surface area contributed by atoms with Gasteiger partial charge in [-0.2, -0.15) is 0 Å². The van der Waals surface area contributed by atoms with Crippen molar-refractivity contribution in [2.24, 2.45) is 0 Å². The van der Waals surface area contributed by atoms with E-state index in [4.69, 9.17) is 23.8 Å². The Balaban J connectivity index is 2.41. The number of thiocarbonyl (C=S) groups is 1. The average Bonchev–Trinajstić information content (AvgIpc) is 2.22. The Morgan fingerprint density at radius 1 is 1.47 bits per heavy atom. The molecule has 1 aromatic carbocycles. The van der Waals surface area contributed by atoms with Gasteiger partial charge in [0.25, 0.3) is 0 Å². The Labute approximate surface area is 105 Å². The summed E-state index contributed by atoms with van der Waals surface area (Å²) in [6.07, 6.45) is 4.08. The van der Waals surface area contributed by atoms with E-state index in [1.807, 2.05) is 37.3 Å². The van der Waals surface area contributed by atoms with Crippen LogP contribution in [-0.2, 0) is 0 Å². The third kappa shape index (κ3) is 5.21. The number of hydrogen-bond donors (Lipinski definition) is 1. The first-order valence-corrected chi connectivity index (χ1v) is 6.30. The molecule has 0 bridgehead atoms. The summed E-state index contributed by atoms with van der Waals surface area (Å²) in [6.45, 7) is 2.00. The van der Waals surface area contributed by atoms with Crippen molar-refractivity contribution in [3.8, 4) is 0 Å². The molecule has 0 aliphatic rings. The molecule has 0 spiro atoms. The number of hydrogen-bond acceptors (Lipinski definition) is 2. The molecule has 0 heterocycles. The normalized spacial score (nSPS) is 10.5. The van der Waals surface area contributed by atoms with Gasteiger partial charge < -0.3 is 5.32 Å². The Morgan fingerprint density at radius 2 is 2.13 bits per heavy atom. The summed E-state index contributed by atoms with van der Waals surface area (Å²) in [5.41, 5.74) is 0.970. The minimum absolute atomic E-state index is 0.730. The quantitative estimate of drug-likeness (QED) is 0.639. The topological polar surface area (TPSA) is 12.0 Å². The summed E-state index contributed by atoms with van der Waals surface area (Å²) in [5, 5.41) is 3.86. The molecule has 0 fully saturated rings. The van der Waals surface area contributed by atoms with Crippen molar-refractivity contribution in [1.29, 1.82) is 0 Å². The molecule has 0 aromatic heterocycles. The molecular formula is C11H12ClNS2. The van der Waals surface area contributed by atoms with E-state index in [1.54, 1.807) is 11.8 Å². The van der Waals surface area contributed by atoms with Crippen molar-refractivity contribution < 1.29 is 0 Å². The number of halogens is 1. The lowest BCUT2D eigenvalue weighted by atomic mass is 10.3. The van der Waals surface area contributed by atoms with Crippen LogP contribution in [-0.4, -0.2) is 10.1 Å². The average molecular weight is 258 g/mol. The zero-order valence-electron chi connectivity index (χ0n) is 8.37. The van der Waals surface area contributed by atoms with Crippen LogP contribution in [0.4, 0.5) is 5.69 Å². The fourth-order valence-electron chi connectivity index (χ4n) is 0.907. The van der Waals surface area contributed by atoms with Crippen molar-refractivity contribution in [2.45, 2.75) is 6.92 Å². The van der Waals surface area contributed by atoms with Gasteiger partial charge >= 0.3 is 0 Å². The predicted molar refractivity (Wildman–Crippen MR) is 74.9 cm³/mol. The van der Waals surface area contributed by atoms with Crippen LogP contribution in [0.1, 0.15) is 6.92 Å². The largest absolute Gasteiger partial charge is 0.341 e. The highest BCUT2D eigenvalue weighted by molar-refractivity contribution is 8.23. The smallest absolute Gasteiger partial charge is 0.138 e. The van der Waals surface area contributed by atoms with Crippen LogP contribution in [0.5, 0.6) is 0 Å². The SMILES string of the molecule is C/C=C/CSC(=S)Nc1ccc(Cl)cc1. The predicted octanol–water partition coefficient (Wildman–Crippen LogP) is 4.35. The monoisotopic (exact) mass is 257 g/mol. The maximum Gasteiger partial charge on any atom is 0.138 e. The fourth-order valence-corrected chi connectivity index (χ4v) is 1.99. The second kappa shape index (κ2) is 6.88. The zero-order valence-corrected chi connectivity index (χ0v) is 10.8. The minimum atomic E-state index is 0.730. The molecule has 1 aromatic rings. The highest BCUT2D eigenvalue weighted by Gasteiger charge is 1.97. The van der Waals surface area contributed by atoms with Crippen molar-refractivity contribution in [2.75, 3.05) is 11.1 Å². The molecule has 0 amide bonds. The minimum Gasteiger partial charge on any atom is -0.341 e. The van der Waals surface area contributed by atoms with Crippen LogP contribution in [0.3, 0.4) is 0 Å². The Bertz CT molecular complexity index is 346. The third-order valence-electron chi connectivity index (χ3n) is 1.64. The molecule has 0 atom stereocenters. The summed E-state index contributed by atoms with van der Waals surface area (Å²) < 4.78 is 0.774. The number of allylic oxidation sites excluding steroid dienone is 1. The lowest BCUT2D eigenvalue weighted by molar-refractivity contribution is 1.65. The molecule has 0 unspecified atom stereocenters. The van der Waals surface area contributed by atoms with E-state index in [0.29, 0.717) is 0 Å². The van der Waals surface area contributed by atoms with Gasteiger partial charge in [-0.3, -0.25) is 0 Å². The van der Waals surface area contributed by atoms with Gasteiger partial charge in [-0.15, -0.1) is 0 Å². The van der Waals surface area contributed by atoms with Gasteiger partial charge in [-0.05, 0) is 31.2 Å². The standard InChI is InChI=1S/C11H12ClNS2/c1-2-3-8-15-11(14)13-10-6-4-9(12)5-7-10/h2-7H,8H2,1H3,(H,13,14)/b3-2+. The maximum absolute atomic E-state index is 5.78. The zero-order chi connectivity index (χ0) is 11.1. The summed E-state index contributed by atoms with van der Waals surface area (Å²) >= 11 is 12.5. The number of thioether (sulfide) groups is 1. The highest BCUT2D eigenvalue weighted by atomic mass is 35.5. The van der Waals surface area contributed by atoms with Gasteiger partial charge in [0.2, 0.25) is 0 Å². The molecule has 0 saturated carbocycles. The first-order valence-electron chi connectivity index (χ1n) is 4.53. The second-order valence-corrected chi connectivity index (χ2v) is 4.93. The maximum atomic E-state index is 5.78. The van der Waals surface area contributed by atoms with Crippen molar-refractivity contribution >= 4 is 45.6 Å². The van der Waals surface area contributed by atoms with E-state index >= 15 is 0 Å². The molecule has 0 aliphatic heterocycles. The van der Waals surface area contributed by atoms with Crippen LogP contribution in [0.25, 0.3) is 0 Å². The van der Waals surface area contributed by atoms with Crippen LogP contribution in [0.15, 0.2) is 36.4 Å². The van der Waals surface area contributed by atoms with Crippen molar-refractivity contribution in [3.63, 3.8) is 0 Å². The van der Waals surface area contributed by atoms with E-state index in [1.165, 1.54) is 0 Å². The van der Waals surface area contributed by atoms with E-state index in [9.17, 15) is 0 Å². The Morgan fingerprint density at radius 3 is 2.73 bits per heavy atom. The lowest BCUT2D eigenvalue weighted by Crippen LogP contribution is -2.04. The molecule has 15 heavy (non-hydrogen) atoms. The third-order valence-corrected chi connectivity index (χ3v) is 3.07. The molecule has 0 saturated heterocycles. The highest BCUT2D eigenvalue weighted by Crippen LogP contribution is 2.15. The first kappa shape index (κ1) is 12.6. The van der Waals surface area contributed by atoms with Gasteiger partial charge in [0.05, 0.1) is 0 Å². The summed E-state index contributed by atoms with van der Waals surface area (Å²) in [6, 6.07) is 7.49. The molecule has 0 radical (unpaired) electrons. The molecule has 1 N–H and O–H groups in total. The number of rotatable bonds is 3. The molecular weight excluding hydrogens is 246 g/mol. The second-order valence-electron chi connectivity index (χ2n) is 2.80. The Kier molecular flexibility index (Phi) is 5.76. The van der Waals surface area contributed by atoms with Crippen molar-refractivity contribution in [3.05, 3.63) is 41.4 Å². The van der Waals surface area contributed by atoms with Gasteiger partial charge in [0, 0.05) is 16.5 Å². The van der Waals surface area contributed by atoms with E-state index in [2.05, 4.69) is 11.4 Å². The lowest BCUT2D eigenvalue weighted by Gasteiger charge is -2.05. The number of benzene rings is 1. The van der Waals surface area contributed by atoms with Crippen LogP contribution < -0.4 is 5.32 Å². The summed E-state index contributed by atoms with van der Waals surface area (Å²) in [7, 11) is 0. The summed E-state index contributed by atoms with van der Waals surface area (Å²) in [5.74, 6) is 0.899. The van der Waals surface area contributed by atoms with Crippen LogP contribution >= 0.6 is 35.6 Å². The van der Waals surface area contributed by atoms with Crippen LogP contribution in [0.2, 0.25) is 5.02 Å². The fraction of sp³-hybridized carbons (Fsp3) is 0.182. The van der Waals surface area contributed by atoms with E-state index in [-0.39, 0.29) is 0 Å². The van der Waals surface area contributed by atoms with Gasteiger partial charge in [-0.1, -0.05) is 47.7 Å². The number of nitrogens with one attached hydrogen (secondary N) is 1. The number of anilines is 1. The van der Waals surface area contributed by atoms with Crippen molar-refractivity contribution in [1.82, 2.24) is 0 Å². The molecule has 0 aliphatic carbocycles. The van der Waals surface area contributed by atoms with Crippen LogP contribution in [0, 0.1) is 0 Å². The van der Waals surface area contributed by atoms with Gasteiger partial charge in [0.1, 0.15) is 4.32 Å².